The molecule has 0 aliphatic carbocycles. The molecule has 12 aromatic carbocycles. The fraction of sp³-hybridized carbons (Fsp3) is 0.333. The van der Waals surface area contributed by atoms with Crippen LogP contribution in [0.2, 0.25) is 0 Å². The van der Waals surface area contributed by atoms with Gasteiger partial charge in [-0.2, -0.15) is 0 Å². The summed E-state index contributed by atoms with van der Waals surface area (Å²) >= 11 is 0. The van der Waals surface area contributed by atoms with Crippen molar-refractivity contribution in [2.75, 3.05) is 0 Å². The van der Waals surface area contributed by atoms with E-state index in [1.165, 1.54) is 154 Å². The van der Waals surface area contributed by atoms with Crippen LogP contribution in [0.1, 0.15) is 268 Å². The number of fused-ring (bicyclic) bond motifs is 21. The van der Waals surface area contributed by atoms with Crippen molar-refractivity contribution in [3.05, 3.63) is 252 Å². The van der Waals surface area contributed by atoms with Crippen LogP contribution in [0.25, 0.3) is 134 Å². The molecule has 12 nitrogen and oxygen atoms in total. The zero-order valence-corrected chi connectivity index (χ0v) is 78.0. The molecule has 0 unspecified atom stereocenters. The van der Waals surface area contributed by atoms with Crippen molar-refractivity contribution in [1.82, 2.24) is 0 Å². The number of unbranched alkanes of at least 4 members (excludes halogenated alkanes) is 24. The van der Waals surface area contributed by atoms with Crippen molar-refractivity contribution in [2.24, 2.45) is 0 Å². The molecule has 124 heavy (non-hydrogen) atoms. The summed E-state index contributed by atoms with van der Waals surface area (Å²) in [6.07, 6.45) is 62.9. The molecule has 3 aliphatic heterocycles. The second-order valence-corrected chi connectivity index (χ2v) is 36.7. The molecule has 3 heterocycles. The van der Waals surface area contributed by atoms with Gasteiger partial charge in [0.2, 0.25) is 0 Å². The Labute approximate surface area is 767 Å². The number of phosphoric ester groups is 3. The summed E-state index contributed by atoms with van der Waals surface area (Å²) in [6, 6.07) is 59.8. The summed E-state index contributed by atoms with van der Waals surface area (Å²) in [5.74, 6) is 1.74. The average molecular weight is 1860 g/mol. The molecule has 0 saturated carbocycles. The van der Waals surface area contributed by atoms with Crippen LogP contribution >= 0.6 is 23.5 Å². The molecule has 0 spiro atoms. The topological polar surface area (TPSA) is 176 Å². The van der Waals surface area contributed by atoms with E-state index in [2.05, 4.69) is 224 Å². The zero-order valence-electron chi connectivity index (χ0n) is 73.1. The van der Waals surface area contributed by atoms with Crippen molar-refractivity contribution in [3.63, 3.8) is 0 Å². The summed E-state index contributed by atoms with van der Waals surface area (Å²) in [7, 11) is -13.8. The first kappa shape index (κ1) is 94.5. The molecular formula is C108H120GdO12P3. The summed E-state index contributed by atoms with van der Waals surface area (Å²) in [6.45, 7) is 13.4. The third-order valence-corrected chi connectivity index (χ3v) is 25.8. The first-order chi connectivity index (χ1) is 60.0. The molecule has 16 heteroatoms. The SMILES string of the molecule is CCCCCCC=Cc1ccc2c3c(ccc2c1)OP(=O)([O-])Oc1ccc2cc(C=CCCCCCC)ccc2c1-3.CCCCCCC=Cc1ccc2c3c(ccc2c1)OP(=O)([O-])Oc1ccc2cc(C=CCCCCCC)ccc2c1-3.CCCCCCC=Cc1ccc2c3c(ccc2c1)OP(=O)([O-])Oc1ccc2cc(C=CCCCCCC)ccc2c1-3.[Gd+3]. The largest absolute Gasteiger partial charge is 3.00 e. The van der Waals surface area contributed by atoms with E-state index in [9.17, 15) is 28.4 Å². The van der Waals surface area contributed by atoms with Crippen LogP contribution in [0, 0.1) is 39.9 Å². The number of hydrogen-bond acceptors (Lipinski definition) is 12. The van der Waals surface area contributed by atoms with Crippen molar-refractivity contribution in [2.45, 2.75) is 234 Å². The smallest absolute Gasteiger partial charge is 0.736 e. The third-order valence-electron chi connectivity index (χ3n) is 23.3. The summed E-state index contributed by atoms with van der Waals surface area (Å²) in [5, 5.41) is 11.7. The van der Waals surface area contributed by atoms with Crippen molar-refractivity contribution < 1.29 is 95.5 Å². The molecule has 15 rings (SSSR count). The van der Waals surface area contributed by atoms with Crippen molar-refractivity contribution in [1.29, 1.82) is 0 Å². The molecule has 647 valence electrons. The Hall–Kier alpha value is -8.67. The van der Waals surface area contributed by atoms with Crippen LogP contribution in [0.5, 0.6) is 34.5 Å². The van der Waals surface area contributed by atoms with Gasteiger partial charge in [-0.15, -0.1) is 0 Å². The second-order valence-electron chi connectivity index (χ2n) is 32.9. The quantitative estimate of drug-likeness (QED) is 0.0269. The molecule has 3 aliphatic rings. The van der Waals surface area contributed by atoms with E-state index in [-0.39, 0.29) is 74.4 Å². The average Bonchev–Trinajstić information content (AvgIpc) is 1.47. The number of rotatable bonds is 36. The maximum Gasteiger partial charge on any atom is 3.00 e. The second kappa shape index (κ2) is 46.7. The van der Waals surface area contributed by atoms with E-state index in [0.717, 1.165) is 170 Å². The van der Waals surface area contributed by atoms with Gasteiger partial charge in [-0.25, -0.2) is 13.7 Å². The Bertz CT molecular complexity index is 5090. The van der Waals surface area contributed by atoms with Crippen LogP contribution in [0.4, 0.5) is 0 Å². The van der Waals surface area contributed by atoms with Gasteiger partial charge in [-0.1, -0.05) is 339 Å². The predicted molar refractivity (Wildman–Crippen MR) is 514 cm³/mol. The van der Waals surface area contributed by atoms with Gasteiger partial charge < -0.3 is 41.8 Å². The van der Waals surface area contributed by atoms with Crippen LogP contribution in [-0.2, 0) is 13.7 Å². The first-order valence-electron chi connectivity index (χ1n) is 45.5. The first-order valence-corrected chi connectivity index (χ1v) is 49.9. The van der Waals surface area contributed by atoms with Crippen molar-refractivity contribution >= 4 is 125 Å². The van der Waals surface area contributed by atoms with Gasteiger partial charge >= 0.3 is 63.4 Å². The Morgan fingerprint density at radius 2 is 0.371 bits per heavy atom. The van der Waals surface area contributed by atoms with Crippen LogP contribution in [0.3, 0.4) is 0 Å². The summed E-state index contributed by atoms with van der Waals surface area (Å²) in [4.78, 5) is 38.3. The molecule has 0 aromatic heterocycles. The van der Waals surface area contributed by atoms with E-state index < -0.39 is 23.5 Å². The molecule has 0 saturated heterocycles. The Morgan fingerprint density at radius 1 is 0.218 bits per heavy atom. The van der Waals surface area contributed by atoms with Gasteiger partial charge in [-0.3, -0.25) is 0 Å². The molecule has 0 N–H and O–H groups in total. The summed E-state index contributed by atoms with van der Waals surface area (Å²) < 4.78 is 71.3. The Morgan fingerprint density at radius 3 is 0.516 bits per heavy atom. The summed E-state index contributed by atoms with van der Waals surface area (Å²) in [5.41, 5.74) is 11.2. The molecule has 0 atom stereocenters. The van der Waals surface area contributed by atoms with Crippen LogP contribution < -0.4 is 41.8 Å². The molecule has 0 fully saturated rings. The normalized spacial score (nSPS) is 16.4. The minimum atomic E-state index is -4.60. The monoisotopic (exact) mass is 1860 g/mol. The predicted octanol–water partition coefficient (Wildman–Crippen LogP) is 32.6. The minimum absolute atomic E-state index is 0. The number of phosphoric acid groups is 3. The Balaban J connectivity index is 0.000000169. The number of hydrogen-bond donors (Lipinski definition) is 0. The molecule has 0 bridgehead atoms. The fourth-order valence-electron chi connectivity index (χ4n) is 16.8. The molecule has 1 radical (unpaired) electrons. The maximum absolute atomic E-state index is 12.8. The van der Waals surface area contributed by atoms with E-state index in [0.29, 0.717) is 0 Å². The van der Waals surface area contributed by atoms with Crippen LogP contribution in [0.15, 0.2) is 218 Å². The number of allylic oxidation sites excluding steroid dienone is 6. The van der Waals surface area contributed by atoms with E-state index in [1.54, 1.807) is 36.4 Å². The maximum atomic E-state index is 12.8. The standard InChI is InChI=1S/3C36H41O4P.Gd/c3*1-3-5-7-9-11-13-15-27-17-21-31-29(25-27)19-23-33-35(31)36-32-22-18-28(16-14-12-10-8-6-4-2)26-30(32)20-24-34(36)40-41(37,38)39-33;/h3*13-26H,3-12H2,1-2H3,(H,37,38);/q;;;+3/p-3. The molecular weight excluding hydrogens is 1740 g/mol. The van der Waals surface area contributed by atoms with Crippen molar-refractivity contribution in [3.8, 4) is 67.9 Å². The van der Waals surface area contributed by atoms with E-state index in [1.807, 2.05) is 36.4 Å². The third kappa shape index (κ3) is 25.4. The van der Waals surface area contributed by atoms with Crippen LogP contribution in [-0.4, -0.2) is 0 Å². The van der Waals surface area contributed by atoms with Gasteiger partial charge in [0.25, 0.3) is 0 Å². The minimum Gasteiger partial charge on any atom is -0.736 e. The Kier molecular flexibility index (Phi) is 35.6. The van der Waals surface area contributed by atoms with Gasteiger partial charge in [0.1, 0.15) is 34.5 Å². The molecule has 12 aromatic rings. The van der Waals surface area contributed by atoms with E-state index >= 15 is 0 Å². The van der Waals surface area contributed by atoms with E-state index in [4.69, 9.17) is 27.1 Å². The number of benzene rings is 12. The fourth-order valence-corrected chi connectivity index (χ4v) is 19.3. The van der Waals surface area contributed by atoms with Gasteiger partial charge in [0.05, 0.1) is 0 Å². The van der Waals surface area contributed by atoms with Gasteiger partial charge in [-0.05, 0) is 248 Å². The zero-order chi connectivity index (χ0) is 86.0. The molecule has 0 amide bonds. The van der Waals surface area contributed by atoms with Gasteiger partial charge in [0, 0.05) is 33.4 Å². The van der Waals surface area contributed by atoms with Gasteiger partial charge in [0.15, 0.2) is 0 Å².